The van der Waals surface area contributed by atoms with E-state index in [1.165, 1.54) is 9.13 Å². The molecule has 30 heavy (non-hydrogen) atoms. The van der Waals surface area contributed by atoms with Crippen LogP contribution in [-0.4, -0.2) is 29.3 Å². The van der Waals surface area contributed by atoms with Crippen LogP contribution in [0, 0.1) is 17.2 Å². The number of nitrogens with zero attached hydrogens (tertiary/aromatic N) is 5. The molecule has 2 N–H and O–H groups in total. The summed E-state index contributed by atoms with van der Waals surface area (Å²) in [6.45, 7) is 0.446. The Morgan fingerprint density at radius 3 is 2.90 bits per heavy atom. The molecule has 0 unspecified atom stereocenters. The Hall–Kier alpha value is -3.93. The fourth-order valence-corrected chi connectivity index (χ4v) is 3.70. The van der Waals surface area contributed by atoms with Crippen LogP contribution < -0.4 is 11.2 Å². The first-order valence-electron chi connectivity index (χ1n) is 9.76. The van der Waals surface area contributed by atoms with Gasteiger partial charge in [0, 0.05) is 20.0 Å². The van der Waals surface area contributed by atoms with Crippen LogP contribution in [0.1, 0.15) is 29.7 Å². The highest BCUT2D eigenvalue weighted by Gasteiger charge is 2.25. The SMILES string of the molecule is Cn1c(=O)n(CC2CC2)c(=O)c2[nH]c(-c3cn[nH]c3Cc3cccc(C#N)c3)nc21. The number of fused-ring (bicyclic) bond motifs is 1. The fraction of sp³-hybridized carbons (Fsp3) is 0.286. The second-order valence-electron chi connectivity index (χ2n) is 7.74. The van der Waals surface area contributed by atoms with E-state index in [9.17, 15) is 9.59 Å². The predicted octanol–water partition coefficient (Wildman–Crippen LogP) is 1.69. The van der Waals surface area contributed by atoms with E-state index in [-0.39, 0.29) is 11.2 Å². The first kappa shape index (κ1) is 18.1. The third kappa shape index (κ3) is 3.03. The van der Waals surface area contributed by atoms with E-state index in [2.05, 4.69) is 26.2 Å². The second-order valence-corrected chi connectivity index (χ2v) is 7.74. The summed E-state index contributed by atoms with van der Waals surface area (Å²) in [7, 11) is 1.63. The van der Waals surface area contributed by atoms with Crippen molar-refractivity contribution in [1.82, 2.24) is 29.3 Å². The average molecular weight is 401 g/mol. The van der Waals surface area contributed by atoms with Crippen LogP contribution in [0.25, 0.3) is 22.6 Å². The molecular weight excluding hydrogens is 382 g/mol. The Balaban J connectivity index is 1.58. The minimum Gasteiger partial charge on any atom is -0.332 e. The van der Waals surface area contributed by atoms with Crippen molar-refractivity contribution in [2.45, 2.75) is 25.8 Å². The summed E-state index contributed by atoms with van der Waals surface area (Å²) in [6, 6.07) is 9.49. The average Bonchev–Trinajstić information content (AvgIpc) is 3.27. The van der Waals surface area contributed by atoms with Crippen molar-refractivity contribution >= 4 is 11.2 Å². The number of hydrogen-bond acceptors (Lipinski definition) is 5. The summed E-state index contributed by atoms with van der Waals surface area (Å²) >= 11 is 0. The highest BCUT2D eigenvalue weighted by atomic mass is 16.2. The summed E-state index contributed by atoms with van der Waals surface area (Å²) in [4.78, 5) is 33.2. The van der Waals surface area contributed by atoms with Crippen molar-refractivity contribution in [3.8, 4) is 17.5 Å². The normalized spacial score (nSPS) is 13.6. The van der Waals surface area contributed by atoms with Gasteiger partial charge in [-0.1, -0.05) is 12.1 Å². The van der Waals surface area contributed by atoms with Crippen LogP contribution in [0.3, 0.4) is 0 Å². The van der Waals surface area contributed by atoms with E-state index in [0.717, 1.165) is 24.1 Å². The van der Waals surface area contributed by atoms with Crippen LogP contribution in [0.5, 0.6) is 0 Å². The van der Waals surface area contributed by atoms with Gasteiger partial charge in [-0.25, -0.2) is 9.78 Å². The molecule has 3 aromatic heterocycles. The van der Waals surface area contributed by atoms with Crippen LogP contribution in [0.15, 0.2) is 40.1 Å². The van der Waals surface area contributed by atoms with Crippen molar-refractivity contribution in [2.24, 2.45) is 13.0 Å². The molecule has 1 saturated carbocycles. The first-order valence-corrected chi connectivity index (χ1v) is 9.76. The van der Waals surface area contributed by atoms with Gasteiger partial charge in [0.1, 0.15) is 11.3 Å². The zero-order chi connectivity index (χ0) is 20.8. The largest absolute Gasteiger partial charge is 0.332 e. The zero-order valence-corrected chi connectivity index (χ0v) is 16.3. The molecule has 0 amide bonds. The Bertz CT molecular complexity index is 1430. The number of imidazole rings is 1. The van der Waals surface area contributed by atoms with E-state index in [1.54, 1.807) is 19.3 Å². The summed E-state index contributed by atoms with van der Waals surface area (Å²) in [6.07, 6.45) is 4.26. The Morgan fingerprint density at radius 1 is 1.30 bits per heavy atom. The number of aryl methyl sites for hydroxylation is 1. The van der Waals surface area contributed by atoms with Gasteiger partial charge >= 0.3 is 5.69 Å². The van der Waals surface area contributed by atoms with Gasteiger partial charge in [-0.15, -0.1) is 0 Å². The smallest absolute Gasteiger partial charge is 0.332 e. The van der Waals surface area contributed by atoms with Gasteiger partial charge < -0.3 is 4.98 Å². The summed E-state index contributed by atoms with van der Waals surface area (Å²) in [5, 5.41) is 16.2. The second kappa shape index (κ2) is 6.84. The van der Waals surface area contributed by atoms with Crippen LogP contribution in [0.4, 0.5) is 0 Å². The molecule has 0 saturated heterocycles. The fourth-order valence-electron chi connectivity index (χ4n) is 3.70. The minimum absolute atomic E-state index is 0.311. The summed E-state index contributed by atoms with van der Waals surface area (Å²) in [5.74, 6) is 0.876. The van der Waals surface area contributed by atoms with Gasteiger partial charge in [0.2, 0.25) is 0 Å². The molecule has 0 aliphatic heterocycles. The Kier molecular flexibility index (Phi) is 4.13. The van der Waals surface area contributed by atoms with Crippen molar-refractivity contribution in [3.05, 3.63) is 68.1 Å². The van der Waals surface area contributed by atoms with Crippen LogP contribution in [-0.2, 0) is 20.0 Å². The lowest BCUT2D eigenvalue weighted by Gasteiger charge is -2.06. The third-order valence-electron chi connectivity index (χ3n) is 5.53. The molecule has 3 heterocycles. The first-order chi connectivity index (χ1) is 14.5. The van der Waals surface area contributed by atoms with Crippen LogP contribution in [0.2, 0.25) is 0 Å². The van der Waals surface area contributed by atoms with Gasteiger partial charge in [-0.2, -0.15) is 10.4 Å². The molecule has 0 radical (unpaired) electrons. The standard InChI is InChI=1S/C21H19N7O2/c1-27-19-17(20(29)28(21(27)30)11-12-5-6-12)24-18(25-19)15-10-23-26-16(15)8-13-3-2-4-14(7-13)9-22/h2-4,7,10,12H,5-6,8,11H2,1H3,(H,23,26)(H,24,25). The molecule has 0 bridgehead atoms. The number of nitriles is 1. The van der Waals surface area contributed by atoms with Crippen LogP contribution >= 0.6 is 0 Å². The summed E-state index contributed by atoms with van der Waals surface area (Å²) < 4.78 is 2.71. The Labute approximate surface area is 170 Å². The number of nitrogens with one attached hydrogen (secondary N) is 2. The topological polar surface area (TPSA) is 125 Å². The molecule has 0 spiro atoms. The van der Waals surface area contributed by atoms with Gasteiger partial charge in [-0.05, 0) is 36.5 Å². The third-order valence-corrected chi connectivity index (χ3v) is 5.53. The predicted molar refractivity (Wildman–Crippen MR) is 110 cm³/mol. The number of hydrogen-bond donors (Lipinski definition) is 2. The molecule has 0 atom stereocenters. The minimum atomic E-state index is -0.349. The number of aromatic nitrogens is 6. The quantitative estimate of drug-likeness (QED) is 0.526. The van der Waals surface area contributed by atoms with Crippen molar-refractivity contribution < 1.29 is 0 Å². The van der Waals surface area contributed by atoms with Crippen molar-refractivity contribution in [1.29, 1.82) is 5.26 Å². The lowest BCUT2D eigenvalue weighted by molar-refractivity contribution is 0.558. The van der Waals surface area contributed by atoms with Gasteiger partial charge in [0.15, 0.2) is 5.65 Å². The maximum absolute atomic E-state index is 12.9. The molecule has 1 aliphatic rings. The molecule has 1 fully saturated rings. The lowest BCUT2D eigenvalue weighted by atomic mass is 10.0. The van der Waals surface area contributed by atoms with E-state index in [1.807, 2.05) is 18.2 Å². The molecule has 1 aliphatic carbocycles. The number of benzene rings is 1. The molecule has 5 rings (SSSR count). The molecule has 4 aromatic rings. The van der Waals surface area contributed by atoms with Gasteiger partial charge in [0.05, 0.1) is 29.1 Å². The maximum atomic E-state index is 12.9. The van der Waals surface area contributed by atoms with Crippen molar-refractivity contribution in [3.63, 3.8) is 0 Å². The highest BCUT2D eigenvalue weighted by Crippen LogP contribution is 2.30. The van der Waals surface area contributed by atoms with E-state index < -0.39 is 0 Å². The summed E-state index contributed by atoms with van der Waals surface area (Å²) in [5.41, 5.74) is 3.00. The molecule has 9 heteroatoms. The monoisotopic (exact) mass is 401 g/mol. The van der Waals surface area contributed by atoms with Gasteiger partial charge in [0.25, 0.3) is 5.56 Å². The van der Waals surface area contributed by atoms with E-state index >= 15 is 0 Å². The number of H-pyrrole nitrogens is 2. The van der Waals surface area contributed by atoms with E-state index in [0.29, 0.717) is 47.0 Å². The maximum Gasteiger partial charge on any atom is 0.332 e. The zero-order valence-electron chi connectivity index (χ0n) is 16.3. The van der Waals surface area contributed by atoms with Gasteiger partial charge in [-0.3, -0.25) is 19.0 Å². The number of rotatable bonds is 5. The van der Waals surface area contributed by atoms with E-state index in [4.69, 9.17) is 5.26 Å². The lowest BCUT2D eigenvalue weighted by Crippen LogP contribution is -2.39. The molecular formula is C21H19N7O2. The highest BCUT2D eigenvalue weighted by molar-refractivity contribution is 5.76. The van der Waals surface area contributed by atoms with Crippen molar-refractivity contribution in [2.75, 3.05) is 0 Å². The number of aromatic amines is 2. The molecule has 9 nitrogen and oxygen atoms in total. The molecule has 1 aromatic carbocycles. The molecule has 150 valence electrons. The Morgan fingerprint density at radius 2 is 2.13 bits per heavy atom.